The zero-order valence-electron chi connectivity index (χ0n) is 10.1. The van der Waals surface area contributed by atoms with Crippen molar-refractivity contribution in [3.05, 3.63) is 39.7 Å². The predicted octanol–water partition coefficient (Wildman–Crippen LogP) is 1.80. The fourth-order valence-electron chi connectivity index (χ4n) is 1.69. The van der Waals surface area contributed by atoms with E-state index in [1.165, 1.54) is 22.8 Å². The van der Waals surface area contributed by atoms with Gasteiger partial charge in [0.15, 0.2) is 0 Å². The maximum absolute atomic E-state index is 13.1. The third-order valence-electron chi connectivity index (χ3n) is 2.82. The van der Waals surface area contributed by atoms with Gasteiger partial charge in [-0.25, -0.2) is 9.37 Å². The molecule has 0 saturated carbocycles. The molecule has 0 radical (unpaired) electrons. The smallest absolute Gasteiger partial charge is 0.262 e. The fraction of sp³-hybridized carbons (Fsp3) is 0.333. The lowest BCUT2D eigenvalue weighted by atomic mass is 10.2. The first-order valence-electron chi connectivity index (χ1n) is 5.56. The number of hydrogen-bond acceptors (Lipinski definition) is 3. The molecule has 4 nitrogen and oxygen atoms in total. The van der Waals surface area contributed by atoms with Crippen molar-refractivity contribution in [3.8, 4) is 0 Å². The van der Waals surface area contributed by atoms with Gasteiger partial charge >= 0.3 is 0 Å². The van der Waals surface area contributed by atoms with Crippen LogP contribution in [0.5, 0.6) is 0 Å². The molecule has 1 heterocycles. The predicted molar refractivity (Wildman–Crippen MR) is 69.5 cm³/mol. The van der Waals surface area contributed by atoms with Gasteiger partial charge in [-0.1, -0.05) is 0 Å². The Bertz CT molecular complexity index is 641. The van der Waals surface area contributed by atoms with E-state index in [2.05, 4.69) is 10.3 Å². The number of hydrogen-bond donors (Lipinski definition) is 1. The maximum atomic E-state index is 13.1. The molecule has 0 aliphatic heterocycles. The van der Waals surface area contributed by atoms with Crippen molar-refractivity contribution in [3.63, 3.8) is 0 Å². The van der Waals surface area contributed by atoms with Crippen LogP contribution >= 0.6 is 11.6 Å². The van der Waals surface area contributed by atoms with Gasteiger partial charge in [-0.3, -0.25) is 9.36 Å². The maximum Gasteiger partial charge on any atom is 0.262 e. The highest BCUT2D eigenvalue weighted by Crippen LogP contribution is 2.13. The summed E-state index contributed by atoms with van der Waals surface area (Å²) in [6.07, 6.45) is 0. The van der Waals surface area contributed by atoms with E-state index < -0.39 is 5.82 Å². The minimum Gasteiger partial charge on any atom is -0.315 e. The summed E-state index contributed by atoms with van der Waals surface area (Å²) in [5.74, 6) is -0.438. The normalized spacial score (nSPS) is 12.9. The molecule has 1 aromatic carbocycles. The molecule has 0 aliphatic rings. The zero-order chi connectivity index (χ0) is 13.3. The van der Waals surface area contributed by atoms with Gasteiger partial charge in [0.2, 0.25) is 5.28 Å². The second-order valence-electron chi connectivity index (χ2n) is 4.15. The summed E-state index contributed by atoms with van der Waals surface area (Å²) in [7, 11) is 1.80. The van der Waals surface area contributed by atoms with Crippen LogP contribution in [0.1, 0.15) is 6.92 Å². The van der Waals surface area contributed by atoms with Crippen molar-refractivity contribution < 1.29 is 4.39 Å². The Balaban J connectivity index is 2.62. The van der Waals surface area contributed by atoms with E-state index in [1.54, 1.807) is 7.05 Å². The molecule has 0 bridgehead atoms. The molecule has 1 atom stereocenters. The van der Waals surface area contributed by atoms with Crippen molar-refractivity contribution in [2.75, 3.05) is 7.05 Å². The molecule has 0 spiro atoms. The Morgan fingerprint density at radius 1 is 1.56 bits per heavy atom. The first-order chi connectivity index (χ1) is 8.52. The highest BCUT2D eigenvalue weighted by atomic mass is 35.5. The SMILES string of the molecule is CNC(C)Cn1c(Cl)nc2cc(F)ccc2c1=O. The molecule has 6 heteroatoms. The minimum absolute atomic E-state index is 0.0696. The first-order valence-corrected chi connectivity index (χ1v) is 5.93. The fourth-order valence-corrected chi connectivity index (χ4v) is 1.93. The van der Waals surface area contributed by atoms with Crippen LogP contribution in [-0.2, 0) is 6.54 Å². The topological polar surface area (TPSA) is 46.9 Å². The molecule has 0 saturated heterocycles. The average molecular weight is 270 g/mol. The lowest BCUT2D eigenvalue weighted by Crippen LogP contribution is -2.33. The van der Waals surface area contributed by atoms with Gasteiger partial charge in [-0.15, -0.1) is 0 Å². The van der Waals surface area contributed by atoms with E-state index in [9.17, 15) is 9.18 Å². The molecule has 0 amide bonds. The molecule has 1 N–H and O–H groups in total. The third-order valence-corrected chi connectivity index (χ3v) is 3.11. The summed E-state index contributed by atoms with van der Waals surface area (Å²) >= 11 is 5.96. The highest BCUT2D eigenvalue weighted by molar-refractivity contribution is 6.28. The lowest BCUT2D eigenvalue weighted by molar-refractivity contribution is 0.503. The molecule has 2 rings (SSSR count). The van der Waals surface area contributed by atoms with Crippen LogP contribution in [0.2, 0.25) is 5.28 Å². The first kappa shape index (κ1) is 13.0. The van der Waals surface area contributed by atoms with Gasteiger partial charge in [-0.2, -0.15) is 0 Å². The quantitative estimate of drug-likeness (QED) is 0.865. The molecule has 1 unspecified atom stereocenters. The summed E-state index contributed by atoms with van der Waals surface area (Å²) in [6, 6.07) is 3.95. The number of likely N-dealkylation sites (N-methyl/N-ethyl adjacent to an activating group) is 1. The van der Waals surface area contributed by atoms with Crippen LogP contribution in [-0.4, -0.2) is 22.6 Å². The molecule has 0 fully saturated rings. The summed E-state index contributed by atoms with van der Waals surface area (Å²) in [5.41, 5.74) is 0.0189. The van der Waals surface area contributed by atoms with Crippen LogP contribution in [0.4, 0.5) is 4.39 Å². The number of aromatic nitrogens is 2. The lowest BCUT2D eigenvalue weighted by Gasteiger charge is -2.14. The second-order valence-corrected chi connectivity index (χ2v) is 4.49. The highest BCUT2D eigenvalue weighted by Gasteiger charge is 2.11. The van der Waals surface area contributed by atoms with E-state index in [-0.39, 0.29) is 22.4 Å². The van der Waals surface area contributed by atoms with Gasteiger partial charge < -0.3 is 5.32 Å². The molecule has 1 aromatic heterocycles. The number of nitrogens with zero attached hydrogens (tertiary/aromatic N) is 2. The molecule has 96 valence electrons. The van der Waals surface area contributed by atoms with E-state index in [0.29, 0.717) is 11.9 Å². The van der Waals surface area contributed by atoms with Gasteiger partial charge in [0.05, 0.1) is 10.9 Å². The van der Waals surface area contributed by atoms with Crippen molar-refractivity contribution in [1.29, 1.82) is 0 Å². The monoisotopic (exact) mass is 269 g/mol. The van der Waals surface area contributed by atoms with Gasteiger partial charge in [-0.05, 0) is 37.7 Å². The van der Waals surface area contributed by atoms with Crippen LogP contribution in [0.15, 0.2) is 23.0 Å². The molecule has 18 heavy (non-hydrogen) atoms. The van der Waals surface area contributed by atoms with Crippen molar-refractivity contribution >= 4 is 22.5 Å². The van der Waals surface area contributed by atoms with Crippen molar-refractivity contribution in [2.24, 2.45) is 0 Å². The van der Waals surface area contributed by atoms with Crippen LogP contribution in [0, 0.1) is 5.82 Å². The number of benzene rings is 1. The second kappa shape index (κ2) is 5.04. The number of rotatable bonds is 3. The molecular weight excluding hydrogens is 257 g/mol. The summed E-state index contributed by atoms with van der Waals surface area (Å²) < 4.78 is 14.4. The largest absolute Gasteiger partial charge is 0.315 e. The van der Waals surface area contributed by atoms with Crippen LogP contribution in [0.25, 0.3) is 10.9 Å². The Morgan fingerprint density at radius 2 is 2.28 bits per heavy atom. The minimum atomic E-state index is -0.438. The van der Waals surface area contributed by atoms with Crippen LogP contribution in [0.3, 0.4) is 0 Å². The van der Waals surface area contributed by atoms with E-state index in [1.807, 2.05) is 6.92 Å². The Morgan fingerprint density at radius 3 is 2.94 bits per heavy atom. The van der Waals surface area contributed by atoms with Crippen molar-refractivity contribution in [2.45, 2.75) is 19.5 Å². The van der Waals surface area contributed by atoms with E-state index >= 15 is 0 Å². The summed E-state index contributed by atoms with van der Waals surface area (Å²) in [4.78, 5) is 16.2. The van der Waals surface area contributed by atoms with E-state index in [4.69, 9.17) is 11.6 Å². The molecule has 2 aromatic rings. The number of halogens is 2. The summed E-state index contributed by atoms with van der Waals surface area (Å²) in [5, 5.41) is 3.45. The van der Waals surface area contributed by atoms with E-state index in [0.717, 1.165) is 0 Å². The molecular formula is C12H13ClFN3O. The van der Waals surface area contributed by atoms with Gasteiger partial charge in [0.25, 0.3) is 5.56 Å². The summed E-state index contributed by atoms with van der Waals surface area (Å²) in [6.45, 7) is 2.34. The van der Waals surface area contributed by atoms with Gasteiger partial charge in [0.1, 0.15) is 5.82 Å². The Hall–Kier alpha value is -1.46. The zero-order valence-corrected chi connectivity index (χ0v) is 10.8. The standard InChI is InChI=1S/C12H13ClFN3O/c1-7(15-2)6-17-11(18)9-4-3-8(14)5-10(9)16-12(17)13/h3-5,7,15H,6H2,1-2H3. The number of nitrogens with one attached hydrogen (secondary N) is 1. The third kappa shape index (κ3) is 2.37. The number of fused-ring (bicyclic) bond motifs is 1. The molecule has 0 aliphatic carbocycles. The Kier molecular flexibility index (Phi) is 3.63. The van der Waals surface area contributed by atoms with Crippen LogP contribution < -0.4 is 10.9 Å². The van der Waals surface area contributed by atoms with Crippen molar-refractivity contribution in [1.82, 2.24) is 14.9 Å². The Labute approximate surface area is 108 Å². The van der Waals surface area contributed by atoms with Gasteiger partial charge in [0, 0.05) is 18.7 Å². The average Bonchev–Trinajstić information content (AvgIpc) is 2.33.